The Morgan fingerprint density at radius 1 is 1.41 bits per heavy atom. The fourth-order valence-corrected chi connectivity index (χ4v) is 2.05. The van der Waals surface area contributed by atoms with Crippen LogP contribution in [0.2, 0.25) is 0 Å². The van der Waals surface area contributed by atoms with Gasteiger partial charge in [-0.1, -0.05) is 12.2 Å². The molecule has 1 aromatic carbocycles. The first-order valence-electron chi connectivity index (χ1n) is 5.86. The van der Waals surface area contributed by atoms with Gasteiger partial charge < -0.3 is 5.32 Å². The highest BCUT2D eigenvalue weighted by Gasteiger charge is 2.10. The molecule has 0 amide bonds. The molecule has 1 aromatic rings. The average Bonchev–Trinajstić information content (AvgIpc) is 2.38. The lowest BCUT2D eigenvalue weighted by Crippen LogP contribution is -2.29. The van der Waals surface area contributed by atoms with Gasteiger partial charge in [0.15, 0.2) is 0 Å². The van der Waals surface area contributed by atoms with Crippen molar-refractivity contribution in [3.63, 3.8) is 0 Å². The van der Waals surface area contributed by atoms with Crippen LogP contribution in [0, 0.1) is 17.1 Å². The monoisotopic (exact) mass is 230 g/mol. The summed E-state index contributed by atoms with van der Waals surface area (Å²) in [5, 5.41) is 12.3. The normalized spacial score (nSPS) is 18.9. The van der Waals surface area contributed by atoms with Gasteiger partial charge in [-0.25, -0.2) is 4.39 Å². The van der Waals surface area contributed by atoms with E-state index >= 15 is 0 Å². The maximum absolute atomic E-state index is 13.1. The van der Waals surface area contributed by atoms with Gasteiger partial charge in [-0.15, -0.1) is 0 Å². The third-order valence-corrected chi connectivity index (χ3v) is 3.04. The van der Waals surface area contributed by atoms with Gasteiger partial charge in [-0.3, -0.25) is 0 Å². The van der Waals surface area contributed by atoms with Gasteiger partial charge in [-0.2, -0.15) is 5.26 Å². The zero-order chi connectivity index (χ0) is 12.1. The first-order chi connectivity index (χ1) is 8.29. The van der Waals surface area contributed by atoms with Gasteiger partial charge >= 0.3 is 0 Å². The molecule has 0 aliphatic heterocycles. The van der Waals surface area contributed by atoms with Crippen molar-refractivity contribution in [1.82, 2.24) is 5.32 Å². The lowest BCUT2D eigenvalue weighted by Gasteiger charge is -2.19. The van der Waals surface area contributed by atoms with Crippen molar-refractivity contribution < 1.29 is 4.39 Å². The van der Waals surface area contributed by atoms with E-state index < -0.39 is 0 Å². The molecular formula is C14H15FN2. The largest absolute Gasteiger partial charge is 0.310 e. The van der Waals surface area contributed by atoms with Crippen molar-refractivity contribution in [3.8, 4) is 6.07 Å². The van der Waals surface area contributed by atoms with E-state index in [-0.39, 0.29) is 5.82 Å². The van der Waals surface area contributed by atoms with Gasteiger partial charge in [-0.05, 0) is 43.0 Å². The fourth-order valence-electron chi connectivity index (χ4n) is 2.05. The number of allylic oxidation sites excluding steroid dienone is 1. The number of hydrogen-bond donors (Lipinski definition) is 1. The van der Waals surface area contributed by atoms with Crippen LogP contribution in [-0.2, 0) is 6.54 Å². The summed E-state index contributed by atoms with van der Waals surface area (Å²) in [6, 6.07) is 6.82. The topological polar surface area (TPSA) is 35.8 Å². The van der Waals surface area contributed by atoms with E-state index in [0.717, 1.165) is 24.8 Å². The highest BCUT2D eigenvalue weighted by Crippen LogP contribution is 2.14. The zero-order valence-corrected chi connectivity index (χ0v) is 9.62. The predicted octanol–water partition coefficient (Wildman–Crippen LogP) is 2.90. The molecule has 1 atom stereocenters. The third-order valence-electron chi connectivity index (χ3n) is 3.04. The number of nitrogens with one attached hydrogen (secondary N) is 1. The van der Waals surface area contributed by atoms with E-state index in [9.17, 15) is 4.39 Å². The maximum Gasteiger partial charge on any atom is 0.123 e. The van der Waals surface area contributed by atoms with Crippen molar-refractivity contribution in [3.05, 3.63) is 47.3 Å². The van der Waals surface area contributed by atoms with Crippen LogP contribution in [0.3, 0.4) is 0 Å². The smallest absolute Gasteiger partial charge is 0.123 e. The van der Waals surface area contributed by atoms with Crippen molar-refractivity contribution in [2.45, 2.75) is 31.8 Å². The summed E-state index contributed by atoms with van der Waals surface area (Å²) in [5.74, 6) is -0.288. The maximum atomic E-state index is 13.1. The number of hydrogen-bond acceptors (Lipinski definition) is 2. The predicted molar refractivity (Wildman–Crippen MR) is 64.7 cm³/mol. The van der Waals surface area contributed by atoms with Gasteiger partial charge in [0.25, 0.3) is 0 Å². The van der Waals surface area contributed by atoms with E-state index in [0.29, 0.717) is 18.2 Å². The van der Waals surface area contributed by atoms with Crippen molar-refractivity contribution in [1.29, 1.82) is 5.26 Å². The highest BCUT2D eigenvalue weighted by atomic mass is 19.1. The van der Waals surface area contributed by atoms with Crippen LogP contribution in [0.15, 0.2) is 30.4 Å². The molecule has 2 rings (SSSR count). The summed E-state index contributed by atoms with van der Waals surface area (Å²) in [6.45, 7) is 0.555. The molecule has 0 saturated heterocycles. The van der Waals surface area contributed by atoms with E-state index in [1.54, 1.807) is 0 Å². The Kier molecular flexibility index (Phi) is 3.89. The molecule has 88 valence electrons. The van der Waals surface area contributed by atoms with Gasteiger partial charge in [0, 0.05) is 12.6 Å². The second kappa shape index (κ2) is 5.60. The minimum Gasteiger partial charge on any atom is -0.310 e. The summed E-state index contributed by atoms with van der Waals surface area (Å²) >= 11 is 0. The summed E-state index contributed by atoms with van der Waals surface area (Å²) in [5.41, 5.74) is 1.28. The minimum absolute atomic E-state index is 0.288. The molecule has 2 nitrogen and oxygen atoms in total. The summed E-state index contributed by atoms with van der Waals surface area (Å²) in [7, 11) is 0. The molecule has 0 bridgehead atoms. The molecular weight excluding hydrogens is 215 g/mol. The Morgan fingerprint density at radius 3 is 3.00 bits per heavy atom. The molecule has 3 heteroatoms. The van der Waals surface area contributed by atoms with Gasteiger partial charge in [0.1, 0.15) is 5.82 Å². The molecule has 0 heterocycles. The van der Waals surface area contributed by atoms with Crippen LogP contribution in [-0.4, -0.2) is 6.04 Å². The van der Waals surface area contributed by atoms with E-state index in [1.807, 2.05) is 0 Å². The van der Waals surface area contributed by atoms with E-state index in [2.05, 4.69) is 23.5 Å². The molecule has 1 unspecified atom stereocenters. The number of rotatable bonds is 3. The first-order valence-corrected chi connectivity index (χ1v) is 5.86. The van der Waals surface area contributed by atoms with Gasteiger partial charge in [0.2, 0.25) is 0 Å². The summed E-state index contributed by atoms with van der Waals surface area (Å²) < 4.78 is 13.1. The average molecular weight is 230 g/mol. The van der Waals surface area contributed by atoms with Crippen molar-refractivity contribution in [2.24, 2.45) is 0 Å². The molecule has 17 heavy (non-hydrogen) atoms. The highest BCUT2D eigenvalue weighted by molar-refractivity contribution is 5.37. The molecule has 0 aromatic heterocycles. The molecule has 0 saturated carbocycles. The van der Waals surface area contributed by atoms with Crippen LogP contribution in [0.5, 0.6) is 0 Å². The quantitative estimate of drug-likeness (QED) is 0.810. The Morgan fingerprint density at radius 2 is 2.29 bits per heavy atom. The van der Waals surface area contributed by atoms with Crippen LogP contribution < -0.4 is 5.32 Å². The van der Waals surface area contributed by atoms with Crippen molar-refractivity contribution >= 4 is 0 Å². The lowest BCUT2D eigenvalue weighted by molar-refractivity contribution is 0.473. The Balaban J connectivity index is 2.00. The third kappa shape index (κ3) is 3.15. The minimum atomic E-state index is -0.288. The van der Waals surface area contributed by atoms with E-state index in [4.69, 9.17) is 5.26 Å². The Labute approximate surface area is 101 Å². The van der Waals surface area contributed by atoms with Gasteiger partial charge in [0.05, 0.1) is 11.6 Å². The number of nitriles is 1. The first kappa shape index (κ1) is 11.8. The zero-order valence-electron chi connectivity index (χ0n) is 9.62. The summed E-state index contributed by atoms with van der Waals surface area (Å²) in [4.78, 5) is 0. The van der Waals surface area contributed by atoms with Crippen LogP contribution in [0.25, 0.3) is 0 Å². The fraction of sp³-hybridized carbons (Fsp3) is 0.357. The van der Waals surface area contributed by atoms with Crippen LogP contribution >= 0.6 is 0 Å². The van der Waals surface area contributed by atoms with E-state index in [1.165, 1.54) is 18.2 Å². The number of nitrogens with zero attached hydrogens (tertiary/aromatic N) is 1. The number of benzene rings is 1. The standard InChI is InChI=1S/C14H15FN2/c15-13-7-6-11(9-16)12(8-13)10-17-14-4-2-1-3-5-14/h1-2,6-8,14,17H,3-5,10H2. The van der Waals surface area contributed by atoms with Crippen LogP contribution in [0.1, 0.15) is 30.4 Å². The lowest BCUT2D eigenvalue weighted by atomic mass is 10.0. The SMILES string of the molecule is N#Cc1ccc(F)cc1CNC1CC=CCC1. The molecule has 0 radical (unpaired) electrons. The Hall–Kier alpha value is -1.66. The number of halogens is 1. The second-order valence-corrected chi connectivity index (χ2v) is 4.28. The van der Waals surface area contributed by atoms with Crippen LogP contribution in [0.4, 0.5) is 4.39 Å². The molecule has 1 N–H and O–H groups in total. The van der Waals surface area contributed by atoms with Crippen molar-refractivity contribution in [2.75, 3.05) is 0 Å². The molecule has 0 spiro atoms. The summed E-state index contributed by atoms with van der Waals surface area (Å²) in [6.07, 6.45) is 7.55. The second-order valence-electron chi connectivity index (χ2n) is 4.28. The molecule has 1 aliphatic carbocycles. The Bertz CT molecular complexity index is 460. The molecule has 0 fully saturated rings. The molecule has 1 aliphatic rings.